The van der Waals surface area contributed by atoms with Crippen LogP contribution in [0, 0.1) is 0 Å². The quantitative estimate of drug-likeness (QED) is 0.409. The van der Waals surface area contributed by atoms with Crippen LogP contribution in [0.25, 0.3) is 0 Å². The van der Waals surface area contributed by atoms with E-state index in [-0.39, 0.29) is 24.8 Å². The molecule has 96 valence electrons. The minimum absolute atomic E-state index is 0.0138. The Morgan fingerprint density at radius 3 is 2.82 bits per heavy atom. The molecule has 0 aromatic heterocycles. The Labute approximate surface area is 114 Å². The summed E-state index contributed by atoms with van der Waals surface area (Å²) in [5, 5.41) is 0. The second-order valence-electron chi connectivity index (χ2n) is 4.35. The summed E-state index contributed by atoms with van der Waals surface area (Å²) < 4.78 is 27.6. The van der Waals surface area contributed by atoms with Crippen molar-refractivity contribution in [2.24, 2.45) is 0 Å². The predicted octanol–water partition coefficient (Wildman–Crippen LogP) is -0.0699. The summed E-state index contributed by atoms with van der Waals surface area (Å²) in [6, 6.07) is -0.104. The van der Waals surface area contributed by atoms with Gasteiger partial charge in [0, 0.05) is 12.2 Å². The molecular formula is C8H13BIO6P. The molecule has 0 aromatic carbocycles. The van der Waals surface area contributed by atoms with Crippen LogP contribution in [0.2, 0.25) is 0 Å². The maximum atomic E-state index is 10.9. The second-order valence-corrected chi connectivity index (χ2v) is 6.33. The van der Waals surface area contributed by atoms with Gasteiger partial charge in [-0.2, -0.15) is 0 Å². The van der Waals surface area contributed by atoms with Gasteiger partial charge in [0.1, 0.15) is 42.6 Å². The van der Waals surface area contributed by atoms with Crippen LogP contribution < -0.4 is 0 Å². The highest BCUT2D eigenvalue weighted by Gasteiger charge is 2.52. The van der Waals surface area contributed by atoms with Gasteiger partial charge in [-0.25, -0.2) is 0 Å². The Morgan fingerprint density at radius 2 is 2.29 bits per heavy atom. The summed E-state index contributed by atoms with van der Waals surface area (Å²) in [7, 11) is -2.32. The zero-order chi connectivity index (χ0) is 12.7. The predicted molar refractivity (Wildman–Crippen MR) is 70.6 cm³/mol. The molecule has 3 aliphatic heterocycles. The summed E-state index contributed by atoms with van der Waals surface area (Å²) in [4.78, 5) is 17.8. The van der Waals surface area contributed by atoms with Crippen LogP contribution in [0.1, 0.15) is 6.42 Å². The number of fused-ring (bicyclic) bond motifs is 3. The number of ether oxygens (including phenoxy) is 2. The minimum atomic E-state index is -4.20. The zero-order valence-electron chi connectivity index (χ0n) is 9.15. The first-order valence-electron chi connectivity index (χ1n) is 5.19. The zero-order valence-corrected chi connectivity index (χ0v) is 12.2. The standard InChI is InChI=1S/C8H13BIO6P/c9-7-5-3-6(16-10)8(15-7,4-14-5)1-2-17(11,12)13/h1-2,5-7H,3-4,9H2,(H2,11,12,13)/b2-1+/t5?,6-,7?,8-/m0/s1. The molecule has 0 radical (unpaired) electrons. The van der Waals surface area contributed by atoms with Gasteiger partial charge in [-0.1, -0.05) is 0 Å². The van der Waals surface area contributed by atoms with E-state index in [0.717, 1.165) is 5.82 Å². The van der Waals surface area contributed by atoms with E-state index in [9.17, 15) is 4.57 Å². The van der Waals surface area contributed by atoms with E-state index >= 15 is 0 Å². The molecule has 6 nitrogen and oxygen atoms in total. The third-order valence-electron chi connectivity index (χ3n) is 3.10. The number of hydrogen-bond donors (Lipinski definition) is 2. The van der Waals surface area contributed by atoms with Crippen LogP contribution in [0.3, 0.4) is 0 Å². The monoisotopic (exact) mass is 374 g/mol. The Hall–Kier alpha value is 0.565. The van der Waals surface area contributed by atoms with Crippen LogP contribution in [0.4, 0.5) is 0 Å². The van der Waals surface area contributed by atoms with Crippen molar-refractivity contribution in [2.75, 3.05) is 6.61 Å². The van der Waals surface area contributed by atoms with E-state index in [1.165, 1.54) is 6.08 Å². The molecule has 3 rings (SSSR count). The summed E-state index contributed by atoms with van der Waals surface area (Å²) in [5.41, 5.74) is -0.892. The van der Waals surface area contributed by atoms with Gasteiger partial charge in [0.05, 0.1) is 18.7 Å². The van der Waals surface area contributed by atoms with Gasteiger partial charge in [0.15, 0.2) is 0 Å². The molecule has 9 heteroatoms. The van der Waals surface area contributed by atoms with Crippen molar-refractivity contribution in [2.45, 2.75) is 30.2 Å². The van der Waals surface area contributed by atoms with E-state index in [1.807, 2.05) is 7.85 Å². The van der Waals surface area contributed by atoms with Crippen molar-refractivity contribution in [3.05, 3.63) is 11.9 Å². The normalized spacial score (nSPS) is 42.2. The molecule has 0 saturated carbocycles. The van der Waals surface area contributed by atoms with Crippen molar-refractivity contribution < 1.29 is 26.9 Å². The third-order valence-corrected chi connectivity index (χ3v) is 4.25. The highest BCUT2D eigenvalue weighted by atomic mass is 127. The fourth-order valence-electron chi connectivity index (χ4n) is 2.20. The molecule has 4 atom stereocenters. The average Bonchev–Trinajstić information content (AvgIpc) is 2.26. The lowest BCUT2D eigenvalue weighted by atomic mass is 9.78. The van der Waals surface area contributed by atoms with Crippen molar-refractivity contribution in [3.8, 4) is 0 Å². The van der Waals surface area contributed by atoms with Crippen LogP contribution in [0.5, 0.6) is 0 Å². The molecule has 3 aliphatic rings. The van der Waals surface area contributed by atoms with E-state index < -0.39 is 13.2 Å². The summed E-state index contributed by atoms with van der Waals surface area (Å²) in [6.45, 7) is 0.256. The Bertz CT molecular complexity index is 373. The molecule has 3 saturated heterocycles. The average molecular weight is 374 g/mol. The van der Waals surface area contributed by atoms with Gasteiger partial charge in [0.2, 0.25) is 0 Å². The number of hydrogen-bond acceptors (Lipinski definition) is 4. The van der Waals surface area contributed by atoms with E-state index in [4.69, 9.17) is 22.3 Å². The van der Waals surface area contributed by atoms with Gasteiger partial charge in [-0.15, -0.1) is 0 Å². The number of halogens is 1. The summed E-state index contributed by atoms with van der Waals surface area (Å²) >= 11 is 1.78. The van der Waals surface area contributed by atoms with Gasteiger partial charge in [0.25, 0.3) is 0 Å². The number of rotatable bonds is 3. The largest absolute Gasteiger partial charge is 0.373 e. The second kappa shape index (κ2) is 4.92. The van der Waals surface area contributed by atoms with Gasteiger partial charge in [-0.05, 0) is 6.08 Å². The Morgan fingerprint density at radius 1 is 1.59 bits per heavy atom. The third kappa shape index (κ3) is 2.94. The maximum Gasteiger partial charge on any atom is 0.348 e. The molecule has 2 N–H and O–H groups in total. The lowest BCUT2D eigenvalue weighted by Crippen LogP contribution is -2.64. The lowest BCUT2D eigenvalue weighted by molar-refractivity contribution is -0.257. The SMILES string of the molecule is BC1O[C@@]2(/C=C/P(=O)(O)O)COC1C[C@@H]2OI. The molecule has 0 spiro atoms. The molecule has 2 bridgehead atoms. The molecular weight excluding hydrogens is 361 g/mol. The molecule has 17 heavy (non-hydrogen) atoms. The molecule has 0 amide bonds. The highest BCUT2D eigenvalue weighted by Crippen LogP contribution is 2.43. The first kappa shape index (κ1) is 14.0. The molecule has 3 fully saturated rings. The topological polar surface area (TPSA) is 85.2 Å². The van der Waals surface area contributed by atoms with Gasteiger partial charge >= 0.3 is 7.60 Å². The van der Waals surface area contributed by atoms with E-state index in [0.29, 0.717) is 6.42 Å². The Kier molecular flexibility index (Phi) is 4.05. The van der Waals surface area contributed by atoms with Crippen LogP contribution >= 0.6 is 30.6 Å². The Balaban J connectivity index is 2.25. The van der Waals surface area contributed by atoms with Crippen LogP contribution in [0.15, 0.2) is 11.9 Å². The molecule has 0 aromatic rings. The summed E-state index contributed by atoms with van der Waals surface area (Å²) in [5.74, 6) is 0.859. The molecule has 2 unspecified atom stereocenters. The first-order chi connectivity index (χ1) is 7.86. The van der Waals surface area contributed by atoms with Gasteiger partial charge in [-0.3, -0.25) is 4.57 Å². The van der Waals surface area contributed by atoms with E-state index in [1.54, 1.807) is 23.0 Å². The van der Waals surface area contributed by atoms with Crippen molar-refractivity contribution in [1.82, 2.24) is 0 Å². The fraction of sp³-hybridized carbons (Fsp3) is 0.750. The van der Waals surface area contributed by atoms with Gasteiger partial charge < -0.3 is 22.3 Å². The minimum Gasteiger partial charge on any atom is -0.373 e. The molecule has 0 aliphatic carbocycles. The highest BCUT2D eigenvalue weighted by molar-refractivity contribution is 14.1. The lowest BCUT2D eigenvalue weighted by Gasteiger charge is -2.52. The van der Waals surface area contributed by atoms with Crippen LogP contribution in [-0.4, -0.2) is 48.1 Å². The van der Waals surface area contributed by atoms with Crippen molar-refractivity contribution in [3.63, 3.8) is 0 Å². The first-order valence-corrected chi connectivity index (χ1v) is 7.75. The summed E-state index contributed by atoms with van der Waals surface area (Å²) in [6.07, 6.45) is 1.78. The molecule has 3 heterocycles. The smallest absolute Gasteiger partial charge is 0.348 e. The van der Waals surface area contributed by atoms with E-state index in [2.05, 4.69) is 0 Å². The maximum absolute atomic E-state index is 10.9. The van der Waals surface area contributed by atoms with Crippen molar-refractivity contribution in [1.29, 1.82) is 0 Å². The fourth-order valence-corrected chi connectivity index (χ4v) is 3.28. The van der Waals surface area contributed by atoms with Crippen LogP contribution in [-0.2, 0) is 17.1 Å². The van der Waals surface area contributed by atoms with Crippen molar-refractivity contribution >= 4 is 38.4 Å².